The smallest absolute Gasteiger partial charge is 0.263 e. The van der Waals surface area contributed by atoms with E-state index in [0.29, 0.717) is 23.2 Å². The zero-order chi connectivity index (χ0) is 23.4. The number of nitriles is 1. The van der Waals surface area contributed by atoms with E-state index in [0.717, 1.165) is 49.5 Å². The summed E-state index contributed by atoms with van der Waals surface area (Å²) in [5.41, 5.74) is 0.744. The zero-order valence-electron chi connectivity index (χ0n) is 18.3. The topological polar surface area (TPSA) is 139 Å². The molecule has 1 N–H and O–H groups in total. The number of rotatable bonds is 5. The Hall–Kier alpha value is -4.07. The Morgan fingerprint density at radius 1 is 1.06 bits per heavy atom. The van der Waals surface area contributed by atoms with Crippen molar-refractivity contribution in [2.24, 2.45) is 0 Å². The summed E-state index contributed by atoms with van der Waals surface area (Å²) in [6.07, 6.45) is 9.65. The minimum absolute atomic E-state index is 0.0182. The van der Waals surface area contributed by atoms with Crippen molar-refractivity contribution in [3.63, 3.8) is 0 Å². The van der Waals surface area contributed by atoms with Crippen molar-refractivity contribution in [2.45, 2.75) is 56.4 Å². The zero-order valence-corrected chi connectivity index (χ0v) is 18.3. The molecular weight excluding hydrogens is 437 g/mol. The van der Waals surface area contributed by atoms with E-state index in [2.05, 4.69) is 30.0 Å². The van der Waals surface area contributed by atoms with Gasteiger partial charge in [0.05, 0.1) is 18.4 Å². The van der Waals surface area contributed by atoms with E-state index in [-0.39, 0.29) is 29.0 Å². The quantitative estimate of drug-likeness (QED) is 0.483. The molecule has 1 unspecified atom stereocenters. The molecule has 11 heteroatoms. The molecule has 3 atom stereocenters. The van der Waals surface area contributed by atoms with Gasteiger partial charge in [0.2, 0.25) is 0 Å². The average molecular weight is 457 g/mol. The Morgan fingerprint density at radius 2 is 1.74 bits per heavy atom. The number of hydrogen-bond donors (Lipinski definition) is 1. The highest BCUT2D eigenvalue weighted by Gasteiger charge is 2.38. The van der Waals surface area contributed by atoms with Crippen molar-refractivity contribution in [1.82, 2.24) is 39.7 Å². The first-order chi connectivity index (χ1) is 16.5. The number of aromatic nitrogens is 8. The van der Waals surface area contributed by atoms with Crippen LogP contribution in [-0.4, -0.2) is 39.7 Å². The predicted molar refractivity (Wildman–Crippen MR) is 117 cm³/mol. The van der Waals surface area contributed by atoms with Crippen molar-refractivity contribution in [3.05, 3.63) is 69.7 Å². The first-order valence-corrected chi connectivity index (χ1v) is 11.2. The van der Waals surface area contributed by atoms with Gasteiger partial charge in [-0.25, -0.2) is 34.0 Å². The molecule has 6 rings (SSSR count). The Labute approximate surface area is 193 Å². The molecule has 0 aliphatic heterocycles. The van der Waals surface area contributed by atoms with Crippen LogP contribution in [0.4, 0.5) is 4.39 Å². The minimum atomic E-state index is -0.497. The molecule has 4 aromatic heterocycles. The van der Waals surface area contributed by atoms with Crippen LogP contribution in [0.3, 0.4) is 0 Å². The standard InChI is InChI=1S/C23H20FN9O/c1-11(13-7-26-19(27-8-13)12-2-3-12)33-22-18(17(6-25)32-33)23(34)31-21(30-22)16-5-4-15(16)20-28-9-14(24)10-29-20/h7-12,15-16H,2-5H2,1H3,(H,30,31,34)/t11?,15-,16-/m0/s1. The number of fused-ring (bicyclic) bond motifs is 1. The second-order valence-corrected chi connectivity index (χ2v) is 8.93. The van der Waals surface area contributed by atoms with Gasteiger partial charge >= 0.3 is 0 Å². The molecule has 0 bridgehead atoms. The van der Waals surface area contributed by atoms with E-state index in [1.807, 2.05) is 13.0 Å². The third kappa shape index (κ3) is 3.34. The number of aromatic amines is 1. The van der Waals surface area contributed by atoms with Crippen LogP contribution in [-0.2, 0) is 0 Å². The molecule has 10 nitrogen and oxygen atoms in total. The molecule has 0 saturated heterocycles. The minimum Gasteiger partial charge on any atom is -0.310 e. The van der Waals surface area contributed by atoms with Crippen LogP contribution < -0.4 is 5.56 Å². The van der Waals surface area contributed by atoms with E-state index in [9.17, 15) is 14.4 Å². The van der Waals surface area contributed by atoms with E-state index in [1.165, 1.54) is 0 Å². The molecule has 2 aliphatic carbocycles. The molecule has 2 fully saturated rings. The summed E-state index contributed by atoms with van der Waals surface area (Å²) >= 11 is 0. The van der Waals surface area contributed by atoms with Gasteiger partial charge < -0.3 is 4.98 Å². The number of nitrogens with zero attached hydrogens (tertiary/aromatic N) is 8. The van der Waals surface area contributed by atoms with Crippen LogP contribution in [0.2, 0.25) is 0 Å². The van der Waals surface area contributed by atoms with Gasteiger partial charge in [0.25, 0.3) is 5.56 Å². The van der Waals surface area contributed by atoms with Gasteiger partial charge in [-0.3, -0.25) is 4.79 Å². The van der Waals surface area contributed by atoms with E-state index in [1.54, 1.807) is 17.1 Å². The first-order valence-electron chi connectivity index (χ1n) is 11.2. The summed E-state index contributed by atoms with van der Waals surface area (Å²) in [4.78, 5) is 37.8. The molecule has 0 aromatic carbocycles. The van der Waals surface area contributed by atoms with Crippen LogP contribution in [0, 0.1) is 17.1 Å². The van der Waals surface area contributed by atoms with Crippen molar-refractivity contribution in [1.29, 1.82) is 5.26 Å². The molecule has 0 amide bonds. The highest BCUT2D eigenvalue weighted by atomic mass is 19.1. The molecule has 2 aliphatic rings. The number of H-pyrrole nitrogens is 1. The van der Waals surface area contributed by atoms with Gasteiger partial charge in [0.1, 0.15) is 28.9 Å². The van der Waals surface area contributed by atoms with Crippen LogP contribution in [0.1, 0.15) is 85.1 Å². The lowest BCUT2D eigenvalue weighted by molar-refractivity contribution is 0.318. The van der Waals surface area contributed by atoms with E-state index >= 15 is 0 Å². The van der Waals surface area contributed by atoms with Crippen molar-refractivity contribution in [2.75, 3.05) is 0 Å². The molecule has 4 aromatic rings. The Kier molecular flexibility index (Phi) is 4.69. The predicted octanol–water partition coefficient (Wildman–Crippen LogP) is 2.86. The van der Waals surface area contributed by atoms with Gasteiger partial charge in [-0.2, -0.15) is 10.4 Å². The third-order valence-electron chi connectivity index (χ3n) is 6.77. The maximum Gasteiger partial charge on any atom is 0.263 e. The molecular formula is C23H20FN9O. The molecule has 170 valence electrons. The van der Waals surface area contributed by atoms with Crippen molar-refractivity contribution in [3.8, 4) is 6.07 Å². The Bertz CT molecular complexity index is 1480. The normalized spacial score (nSPS) is 20.6. The van der Waals surface area contributed by atoms with Crippen LogP contribution in [0.25, 0.3) is 11.0 Å². The van der Waals surface area contributed by atoms with Crippen LogP contribution in [0.5, 0.6) is 0 Å². The maximum atomic E-state index is 13.3. The van der Waals surface area contributed by atoms with Gasteiger partial charge in [-0.05, 0) is 32.6 Å². The highest BCUT2D eigenvalue weighted by molar-refractivity contribution is 5.80. The number of hydrogen-bond acceptors (Lipinski definition) is 8. The summed E-state index contributed by atoms with van der Waals surface area (Å²) in [6, 6.07) is 1.67. The molecule has 4 heterocycles. The number of halogens is 1. The van der Waals surface area contributed by atoms with Gasteiger partial charge in [0, 0.05) is 35.7 Å². The highest BCUT2D eigenvalue weighted by Crippen LogP contribution is 2.46. The fourth-order valence-corrected chi connectivity index (χ4v) is 4.49. The summed E-state index contributed by atoms with van der Waals surface area (Å²) in [7, 11) is 0. The first kappa shape index (κ1) is 20.5. The Balaban J connectivity index is 1.40. The van der Waals surface area contributed by atoms with Gasteiger partial charge in [-0.15, -0.1) is 0 Å². The molecule has 0 radical (unpaired) electrons. The SMILES string of the molecule is CC(c1cnc(C2CC2)nc1)n1nc(C#N)c2c(=O)[nH]c([C@H]3CC[C@@H]3c3ncc(F)cn3)nc21. The third-order valence-corrected chi connectivity index (χ3v) is 6.77. The van der Waals surface area contributed by atoms with Gasteiger partial charge in [0.15, 0.2) is 17.2 Å². The lowest BCUT2D eigenvalue weighted by Gasteiger charge is -2.34. The average Bonchev–Trinajstić information content (AvgIpc) is 3.60. The second-order valence-electron chi connectivity index (χ2n) is 8.93. The maximum absolute atomic E-state index is 13.3. The second kappa shape index (κ2) is 7.76. The van der Waals surface area contributed by atoms with E-state index < -0.39 is 11.4 Å². The Morgan fingerprint density at radius 3 is 2.35 bits per heavy atom. The lowest BCUT2D eigenvalue weighted by atomic mass is 9.72. The molecule has 34 heavy (non-hydrogen) atoms. The molecule has 2 saturated carbocycles. The summed E-state index contributed by atoms with van der Waals surface area (Å²) in [6.45, 7) is 1.91. The van der Waals surface area contributed by atoms with Gasteiger partial charge in [-0.1, -0.05) is 0 Å². The fourth-order valence-electron chi connectivity index (χ4n) is 4.49. The summed E-state index contributed by atoms with van der Waals surface area (Å²) < 4.78 is 14.8. The fraction of sp³-hybridized carbons (Fsp3) is 0.391. The monoisotopic (exact) mass is 457 g/mol. The molecule has 0 spiro atoms. The summed E-state index contributed by atoms with van der Waals surface area (Å²) in [5.74, 6) is 1.61. The van der Waals surface area contributed by atoms with Crippen molar-refractivity contribution < 1.29 is 4.39 Å². The largest absolute Gasteiger partial charge is 0.310 e. The van der Waals surface area contributed by atoms with Crippen LogP contribution in [0.15, 0.2) is 29.6 Å². The summed E-state index contributed by atoms with van der Waals surface area (Å²) in [5, 5.41) is 14.2. The van der Waals surface area contributed by atoms with Crippen molar-refractivity contribution >= 4 is 11.0 Å². The number of nitrogens with one attached hydrogen (secondary N) is 1. The lowest BCUT2D eigenvalue weighted by Crippen LogP contribution is -2.28. The van der Waals surface area contributed by atoms with E-state index in [4.69, 9.17) is 4.98 Å². The van der Waals surface area contributed by atoms with Crippen LogP contribution >= 0.6 is 0 Å².